The number of nitrogens with one attached hydrogen (secondary N) is 1. The number of carbonyl (C=O) groups is 1. The van der Waals surface area contributed by atoms with Gasteiger partial charge in [0.15, 0.2) is 0 Å². The fourth-order valence-corrected chi connectivity index (χ4v) is 2.78. The van der Waals surface area contributed by atoms with E-state index in [1.165, 1.54) is 25.7 Å². The fourth-order valence-electron chi connectivity index (χ4n) is 2.78. The third-order valence-electron chi connectivity index (χ3n) is 4.28. The first-order valence-electron chi connectivity index (χ1n) is 7.70. The molecule has 0 heterocycles. The summed E-state index contributed by atoms with van der Waals surface area (Å²) in [7, 11) is 0. The van der Waals surface area contributed by atoms with Gasteiger partial charge in [-0.2, -0.15) is 0 Å². The van der Waals surface area contributed by atoms with Crippen molar-refractivity contribution in [2.24, 2.45) is 11.8 Å². The van der Waals surface area contributed by atoms with E-state index in [-0.39, 0.29) is 12.0 Å². The van der Waals surface area contributed by atoms with Crippen LogP contribution < -0.4 is 5.32 Å². The van der Waals surface area contributed by atoms with Crippen LogP contribution in [-0.2, 0) is 16.1 Å². The minimum Gasteiger partial charge on any atom is -0.460 e. The van der Waals surface area contributed by atoms with Gasteiger partial charge in [0.25, 0.3) is 0 Å². The van der Waals surface area contributed by atoms with Crippen molar-refractivity contribution in [2.75, 3.05) is 0 Å². The molecule has 0 aliphatic heterocycles. The summed E-state index contributed by atoms with van der Waals surface area (Å²) in [5.41, 5.74) is 1.04. The summed E-state index contributed by atoms with van der Waals surface area (Å²) >= 11 is 0. The highest BCUT2D eigenvalue weighted by Crippen LogP contribution is 2.44. The minimum atomic E-state index is -0.204. The third-order valence-corrected chi connectivity index (χ3v) is 4.28. The van der Waals surface area contributed by atoms with Gasteiger partial charge in [0.2, 0.25) is 0 Å². The predicted molar refractivity (Wildman–Crippen MR) is 78.1 cm³/mol. The van der Waals surface area contributed by atoms with Crippen LogP contribution >= 0.6 is 0 Å². The molecule has 0 amide bonds. The van der Waals surface area contributed by atoms with Crippen molar-refractivity contribution in [3.8, 4) is 0 Å². The maximum Gasteiger partial charge on any atom is 0.323 e. The Balaban J connectivity index is 1.46. The van der Waals surface area contributed by atoms with Gasteiger partial charge >= 0.3 is 5.97 Å². The molecule has 3 rings (SSSR count). The largest absolute Gasteiger partial charge is 0.460 e. The first-order valence-corrected chi connectivity index (χ1v) is 7.70. The number of benzene rings is 1. The van der Waals surface area contributed by atoms with Gasteiger partial charge in [-0.3, -0.25) is 4.79 Å². The van der Waals surface area contributed by atoms with Gasteiger partial charge in [-0.25, -0.2) is 0 Å². The lowest BCUT2D eigenvalue weighted by atomic mass is 10.1. The normalized spacial score (nSPS) is 19.9. The van der Waals surface area contributed by atoms with Gasteiger partial charge in [-0.05, 0) is 50.0 Å². The number of carbonyl (C=O) groups excluding carboxylic acids is 1. The molecule has 1 aromatic rings. The van der Waals surface area contributed by atoms with Crippen molar-refractivity contribution in [3.63, 3.8) is 0 Å². The van der Waals surface area contributed by atoms with E-state index in [1.807, 2.05) is 37.3 Å². The molecule has 2 aliphatic rings. The van der Waals surface area contributed by atoms with Gasteiger partial charge in [-0.1, -0.05) is 30.3 Å². The monoisotopic (exact) mass is 273 g/mol. The number of hydrogen-bond acceptors (Lipinski definition) is 3. The molecule has 1 N–H and O–H groups in total. The average Bonchev–Trinajstić information content (AvgIpc) is 3.36. The molecule has 0 radical (unpaired) electrons. The second-order valence-electron chi connectivity index (χ2n) is 6.18. The van der Waals surface area contributed by atoms with E-state index in [0.29, 0.717) is 12.6 Å². The topological polar surface area (TPSA) is 38.3 Å². The molecule has 0 spiro atoms. The van der Waals surface area contributed by atoms with E-state index in [4.69, 9.17) is 4.74 Å². The lowest BCUT2D eigenvalue weighted by Crippen LogP contribution is -2.44. The third kappa shape index (κ3) is 3.60. The molecule has 0 bridgehead atoms. The Morgan fingerprint density at radius 2 is 1.80 bits per heavy atom. The molecule has 2 fully saturated rings. The smallest absolute Gasteiger partial charge is 0.323 e. The van der Waals surface area contributed by atoms with Crippen molar-refractivity contribution in [1.29, 1.82) is 0 Å². The number of hydrogen-bond donors (Lipinski definition) is 1. The summed E-state index contributed by atoms with van der Waals surface area (Å²) in [6.07, 6.45) is 5.28. The van der Waals surface area contributed by atoms with Crippen LogP contribution in [0.15, 0.2) is 30.3 Å². The highest BCUT2D eigenvalue weighted by molar-refractivity contribution is 5.75. The van der Waals surface area contributed by atoms with Crippen molar-refractivity contribution < 1.29 is 9.53 Å². The molecule has 0 saturated heterocycles. The van der Waals surface area contributed by atoms with Gasteiger partial charge in [-0.15, -0.1) is 0 Å². The SMILES string of the molecule is CC(NC(C1CC1)C1CC1)C(=O)OCc1ccccc1. The van der Waals surface area contributed by atoms with Crippen LogP contribution in [0.3, 0.4) is 0 Å². The fraction of sp³-hybridized carbons (Fsp3) is 0.588. The van der Waals surface area contributed by atoms with Crippen LogP contribution in [0.1, 0.15) is 38.2 Å². The number of rotatable bonds is 7. The van der Waals surface area contributed by atoms with Crippen molar-refractivity contribution >= 4 is 5.97 Å². The molecule has 20 heavy (non-hydrogen) atoms. The summed E-state index contributed by atoms with van der Waals surface area (Å²) in [6.45, 7) is 2.29. The highest BCUT2D eigenvalue weighted by Gasteiger charge is 2.42. The predicted octanol–water partition coefficient (Wildman–Crippen LogP) is 2.90. The van der Waals surface area contributed by atoms with Crippen LogP contribution in [0.5, 0.6) is 0 Å². The number of esters is 1. The molecule has 2 aliphatic carbocycles. The molecule has 1 aromatic carbocycles. The van der Waals surface area contributed by atoms with E-state index >= 15 is 0 Å². The second-order valence-corrected chi connectivity index (χ2v) is 6.18. The average molecular weight is 273 g/mol. The van der Waals surface area contributed by atoms with E-state index in [9.17, 15) is 4.79 Å². The van der Waals surface area contributed by atoms with Crippen molar-refractivity contribution in [3.05, 3.63) is 35.9 Å². The Bertz CT molecular complexity index is 439. The first-order chi connectivity index (χ1) is 9.74. The molecule has 2 saturated carbocycles. The minimum absolute atomic E-state index is 0.139. The molecule has 1 unspecified atom stereocenters. The maximum absolute atomic E-state index is 12.1. The molecular formula is C17H23NO2. The van der Waals surface area contributed by atoms with Crippen molar-refractivity contribution in [1.82, 2.24) is 5.32 Å². The van der Waals surface area contributed by atoms with Gasteiger partial charge < -0.3 is 10.1 Å². The van der Waals surface area contributed by atoms with Crippen LogP contribution in [0.4, 0.5) is 0 Å². The zero-order chi connectivity index (χ0) is 13.9. The first kappa shape index (κ1) is 13.6. The van der Waals surface area contributed by atoms with Crippen LogP contribution in [0.25, 0.3) is 0 Å². The lowest BCUT2D eigenvalue weighted by Gasteiger charge is -2.22. The molecule has 108 valence electrons. The van der Waals surface area contributed by atoms with E-state index in [1.54, 1.807) is 0 Å². The Hall–Kier alpha value is -1.35. The summed E-state index contributed by atoms with van der Waals surface area (Å²) in [5.74, 6) is 1.46. The van der Waals surface area contributed by atoms with Gasteiger partial charge in [0.1, 0.15) is 12.6 Å². The Kier molecular flexibility index (Phi) is 4.06. The Labute approximate surface area is 120 Å². The number of ether oxygens (including phenoxy) is 1. The van der Waals surface area contributed by atoms with Crippen LogP contribution in [0.2, 0.25) is 0 Å². The van der Waals surface area contributed by atoms with Crippen LogP contribution in [0, 0.1) is 11.8 Å². The van der Waals surface area contributed by atoms with E-state index in [0.717, 1.165) is 17.4 Å². The zero-order valence-corrected chi connectivity index (χ0v) is 12.0. The molecular weight excluding hydrogens is 250 g/mol. The highest BCUT2D eigenvalue weighted by atomic mass is 16.5. The second kappa shape index (κ2) is 5.96. The zero-order valence-electron chi connectivity index (χ0n) is 12.0. The Morgan fingerprint density at radius 1 is 1.20 bits per heavy atom. The standard InChI is InChI=1S/C17H23NO2/c1-12(18-16(14-7-8-14)15-9-10-15)17(19)20-11-13-5-3-2-4-6-13/h2-6,12,14-16,18H,7-11H2,1H3. The summed E-state index contributed by atoms with van der Waals surface area (Å²) in [6, 6.07) is 10.2. The molecule has 1 atom stereocenters. The van der Waals surface area contributed by atoms with Crippen LogP contribution in [-0.4, -0.2) is 18.1 Å². The maximum atomic E-state index is 12.1. The lowest BCUT2D eigenvalue weighted by molar-refractivity contribution is -0.147. The van der Waals surface area contributed by atoms with Gasteiger partial charge in [0, 0.05) is 6.04 Å². The van der Waals surface area contributed by atoms with E-state index < -0.39 is 0 Å². The summed E-state index contributed by atoms with van der Waals surface area (Å²) < 4.78 is 5.39. The summed E-state index contributed by atoms with van der Waals surface area (Å²) in [5, 5.41) is 3.50. The Morgan fingerprint density at radius 3 is 2.35 bits per heavy atom. The molecule has 3 nitrogen and oxygen atoms in total. The quantitative estimate of drug-likeness (QED) is 0.776. The molecule has 3 heteroatoms. The van der Waals surface area contributed by atoms with Crippen molar-refractivity contribution in [2.45, 2.75) is 51.3 Å². The molecule has 0 aromatic heterocycles. The van der Waals surface area contributed by atoms with Gasteiger partial charge in [0.05, 0.1) is 0 Å². The summed E-state index contributed by atoms with van der Waals surface area (Å²) in [4.78, 5) is 12.1. The van der Waals surface area contributed by atoms with E-state index in [2.05, 4.69) is 5.32 Å².